The molecule has 1 heterocycles. The maximum absolute atomic E-state index is 12.0. The van der Waals surface area contributed by atoms with Gasteiger partial charge >= 0.3 is 0 Å². The molecule has 7 nitrogen and oxygen atoms in total. The second-order valence-corrected chi connectivity index (χ2v) is 5.91. The molecule has 0 aromatic rings. The summed E-state index contributed by atoms with van der Waals surface area (Å²) in [6, 6.07) is 0. The van der Waals surface area contributed by atoms with Gasteiger partial charge in [0.05, 0.1) is 6.42 Å². The second-order valence-electron chi connectivity index (χ2n) is 5.91. The van der Waals surface area contributed by atoms with Gasteiger partial charge in [-0.2, -0.15) is 0 Å². The van der Waals surface area contributed by atoms with E-state index in [1.165, 1.54) is 18.2 Å². The first kappa shape index (κ1) is 17.4. The third-order valence-electron chi connectivity index (χ3n) is 4.12. The Kier molecular flexibility index (Phi) is 5.68. The molecule has 0 fully saturated rings. The zero-order chi connectivity index (χ0) is 16.9. The van der Waals surface area contributed by atoms with E-state index in [-0.39, 0.29) is 19.5 Å². The SMILES string of the molecule is O=C(CC1(O)CCCC/C=C\C1O)NCCN1C(=O)C=CC1=O. The highest BCUT2D eigenvalue weighted by molar-refractivity contribution is 6.12. The molecule has 2 atom stereocenters. The summed E-state index contributed by atoms with van der Waals surface area (Å²) in [6.45, 7) is 0.192. The lowest BCUT2D eigenvalue weighted by Gasteiger charge is -2.32. The number of carbonyl (C=O) groups excluding carboxylic acids is 3. The number of aliphatic hydroxyl groups excluding tert-OH is 1. The van der Waals surface area contributed by atoms with Crippen molar-refractivity contribution in [3.05, 3.63) is 24.3 Å². The molecule has 3 amide bonds. The molecule has 2 unspecified atom stereocenters. The molecule has 126 valence electrons. The molecule has 0 radical (unpaired) electrons. The molecular weight excluding hydrogens is 300 g/mol. The van der Waals surface area contributed by atoms with Crippen molar-refractivity contribution in [1.82, 2.24) is 10.2 Å². The number of allylic oxidation sites excluding steroid dienone is 1. The normalized spacial score (nSPS) is 29.3. The molecule has 0 spiro atoms. The van der Waals surface area contributed by atoms with Crippen molar-refractivity contribution in [2.24, 2.45) is 0 Å². The smallest absolute Gasteiger partial charge is 0.253 e. The number of nitrogens with one attached hydrogen (secondary N) is 1. The van der Waals surface area contributed by atoms with Crippen molar-refractivity contribution < 1.29 is 24.6 Å². The lowest BCUT2D eigenvalue weighted by molar-refractivity contribution is -0.138. The summed E-state index contributed by atoms with van der Waals surface area (Å²) in [5.74, 6) is -1.22. The summed E-state index contributed by atoms with van der Waals surface area (Å²) >= 11 is 0. The van der Waals surface area contributed by atoms with Crippen molar-refractivity contribution in [1.29, 1.82) is 0 Å². The molecule has 0 bridgehead atoms. The van der Waals surface area contributed by atoms with Crippen LogP contribution in [0.4, 0.5) is 0 Å². The van der Waals surface area contributed by atoms with Crippen LogP contribution in [-0.2, 0) is 14.4 Å². The van der Waals surface area contributed by atoms with Gasteiger partial charge in [-0.05, 0) is 19.3 Å². The summed E-state index contributed by atoms with van der Waals surface area (Å²) in [5.41, 5.74) is -1.48. The number of carbonyl (C=O) groups is 3. The van der Waals surface area contributed by atoms with Gasteiger partial charge in [-0.15, -0.1) is 0 Å². The fraction of sp³-hybridized carbons (Fsp3) is 0.562. The molecule has 1 aliphatic heterocycles. The molecule has 0 saturated carbocycles. The number of rotatable bonds is 5. The Hall–Kier alpha value is -1.99. The van der Waals surface area contributed by atoms with E-state index in [1.807, 2.05) is 6.08 Å². The Morgan fingerprint density at radius 1 is 1.30 bits per heavy atom. The van der Waals surface area contributed by atoms with Gasteiger partial charge in [0.1, 0.15) is 11.7 Å². The Morgan fingerprint density at radius 2 is 2.00 bits per heavy atom. The quantitative estimate of drug-likeness (QED) is 0.473. The van der Waals surface area contributed by atoms with Crippen LogP contribution in [0.15, 0.2) is 24.3 Å². The van der Waals surface area contributed by atoms with Gasteiger partial charge in [0, 0.05) is 25.2 Å². The molecule has 7 heteroatoms. The Morgan fingerprint density at radius 3 is 2.70 bits per heavy atom. The number of aliphatic hydroxyl groups is 2. The van der Waals surface area contributed by atoms with Crippen LogP contribution in [0.3, 0.4) is 0 Å². The molecule has 1 aliphatic carbocycles. The number of amides is 3. The predicted molar refractivity (Wildman–Crippen MR) is 82.1 cm³/mol. The highest BCUT2D eigenvalue weighted by Gasteiger charge is 2.36. The summed E-state index contributed by atoms with van der Waals surface area (Å²) in [4.78, 5) is 35.8. The largest absolute Gasteiger partial charge is 0.386 e. The maximum Gasteiger partial charge on any atom is 0.253 e. The van der Waals surface area contributed by atoms with E-state index in [0.717, 1.165) is 24.2 Å². The first-order chi connectivity index (χ1) is 10.9. The molecular formula is C16H22N2O5. The van der Waals surface area contributed by atoms with Crippen LogP contribution in [0.5, 0.6) is 0 Å². The van der Waals surface area contributed by atoms with Crippen molar-refractivity contribution >= 4 is 17.7 Å². The van der Waals surface area contributed by atoms with Gasteiger partial charge in [0.15, 0.2) is 0 Å². The summed E-state index contributed by atoms with van der Waals surface area (Å²) < 4.78 is 0. The van der Waals surface area contributed by atoms with Crippen LogP contribution in [0.25, 0.3) is 0 Å². The van der Waals surface area contributed by atoms with Crippen LogP contribution in [0, 0.1) is 0 Å². The first-order valence-corrected chi connectivity index (χ1v) is 7.80. The molecule has 23 heavy (non-hydrogen) atoms. The standard InChI is InChI=1S/C16H22N2O5/c19-12-5-3-1-2-4-8-16(12,23)11-13(20)17-9-10-18-14(21)6-7-15(18)22/h3,5-7,12,19,23H,1-2,4,8-11H2,(H,17,20)/b5-3-. The summed E-state index contributed by atoms with van der Waals surface area (Å²) in [6.07, 6.45) is 7.23. The minimum Gasteiger partial charge on any atom is -0.386 e. The molecule has 0 saturated heterocycles. The van der Waals surface area contributed by atoms with Crippen LogP contribution in [-0.4, -0.2) is 57.6 Å². The average Bonchev–Trinajstić information content (AvgIpc) is 2.80. The van der Waals surface area contributed by atoms with Crippen LogP contribution >= 0.6 is 0 Å². The summed E-state index contributed by atoms with van der Waals surface area (Å²) in [7, 11) is 0. The van der Waals surface area contributed by atoms with E-state index in [9.17, 15) is 24.6 Å². The van der Waals surface area contributed by atoms with Crippen molar-refractivity contribution in [3.8, 4) is 0 Å². The monoisotopic (exact) mass is 322 g/mol. The van der Waals surface area contributed by atoms with Gasteiger partial charge in [-0.3, -0.25) is 19.3 Å². The van der Waals surface area contributed by atoms with E-state index in [4.69, 9.17) is 0 Å². The number of nitrogens with zero attached hydrogens (tertiary/aromatic N) is 1. The maximum atomic E-state index is 12.0. The van der Waals surface area contributed by atoms with E-state index in [1.54, 1.807) is 0 Å². The first-order valence-electron chi connectivity index (χ1n) is 7.80. The van der Waals surface area contributed by atoms with Crippen LogP contribution in [0.2, 0.25) is 0 Å². The fourth-order valence-corrected chi connectivity index (χ4v) is 2.74. The van der Waals surface area contributed by atoms with Crippen molar-refractivity contribution in [3.63, 3.8) is 0 Å². The third-order valence-corrected chi connectivity index (χ3v) is 4.12. The zero-order valence-corrected chi connectivity index (χ0v) is 12.9. The highest BCUT2D eigenvalue weighted by atomic mass is 16.3. The van der Waals surface area contributed by atoms with Crippen molar-refractivity contribution in [2.45, 2.75) is 43.8 Å². The minimum absolute atomic E-state index is 0.0806. The second kappa shape index (κ2) is 7.52. The molecule has 0 aromatic carbocycles. The lowest BCUT2D eigenvalue weighted by Crippen LogP contribution is -2.47. The molecule has 0 aromatic heterocycles. The van der Waals surface area contributed by atoms with E-state index < -0.39 is 29.4 Å². The topological polar surface area (TPSA) is 107 Å². The van der Waals surface area contributed by atoms with Gasteiger partial charge in [-0.25, -0.2) is 0 Å². The average molecular weight is 322 g/mol. The van der Waals surface area contributed by atoms with Gasteiger partial charge < -0.3 is 15.5 Å². The minimum atomic E-state index is -1.48. The van der Waals surface area contributed by atoms with Gasteiger partial charge in [-0.1, -0.05) is 18.6 Å². The number of hydrogen-bond donors (Lipinski definition) is 3. The molecule has 3 N–H and O–H groups in total. The fourth-order valence-electron chi connectivity index (χ4n) is 2.74. The van der Waals surface area contributed by atoms with Gasteiger partial charge in [0.25, 0.3) is 11.8 Å². The number of hydrogen-bond acceptors (Lipinski definition) is 5. The van der Waals surface area contributed by atoms with Crippen LogP contribution < -0.4 is 5.32 Å². The zero-order valence-electron chi connectivity index (χ0n) is 12.9. The van der Waals surface area contributed by atoms with Gasteiger partial charge in [0.2, 0.25) is 5.91 Å². The van der Waals surface area contributed by atoms with Crippen molar-refractivity contribution in [2.75, 3.05) is 13.1 Å². The highest BCUT2D eigenvalue weighted by Crippen LogP contribution is 2.26. The van der Waals surface area contributed by atoms with E-state index in [2.05, 4.69) is 5.32 Å². The van der Waals surface area contributed by atoms with E-state index in [0.29, 0.717) is 6.42 Å². The van der Waals surface area contributed by atoms with Crippen LogP contribution in [0.1, 0.15) is 32.1 Å². The number of imide groups is 1. The molecule has 2 aliphatic rings. The summed E-state index contributed by atoms with van der Waals surface area (Å²) in [5, 5.41) is 23.1. The third kappa shape index (κ3) is 4.49. The predicted octanol–water partition coefficient (Wildman–Crippen LogP) is -0.360. The lowest BCUT2D eigenvalue weighted by atomic mass is 9.84. The molecule has 2 rings (SSSR count). The Balaban J connectivity index is 1.81. The Labute approximate surface area is 134 Å². The Bertz CT molecular complexity index is 525. The van der Waals surface area contributed by atoms with E-state index >= 15 is 0 Å².